The molecule has 1 aliphatic carbocycles. The van der Waals surface area contributed by atoms with Gasteiger partial charge in [0.25, 0.3) is 5.56 Å². The largest absolute Gasteiger partial charge is 0.307 e. The van der Waals surface area contributed by atoms with E-state index in [2.05, 4.69) is 61.9 Å². The van der Waals surface area contributed by atoms with Crippen molar-refractivity contribution in [2.45, 2.75) is 201 Å². The molecule has 0 bridgehead atoms. The minimum Gasteiger partial charge on any atom is -0.307 e. The fourth-order valence-electron chi connectivity index (χ4n) is 10.2. The number of aryl methyl sites for hydroxylation is 2. The number of nitrogens with zero attached hydrogens (tertiary/aromatic N) is 1. The Labute approximate surface area is 418 Å². The molecule has 0 saturated carbocycles. The van der Waals surface area contributed by atoms with Crippen LogP contribution in [0, 0.1) is 5.92 Å². The Kier molecular flexibility index (Phi) is 20.4. The summed E-state index contributed by atoms with van der Waals surface area (Å²) in [6.45, 7) is 9.92. The number of fused-ring (bicyclic) bond motifs is 4. The minimum absolute atomic E-state index is 0.169. The lowest BCUT2D eigenvalue weighted by Crippen LogP contribution is -2.24. The lowest BCUT2D eigenvalue weighted by molar-refractivity contribution is 0.0990. The van der Waals surface area contributed by atoms with Gasteiger partial charge in [0.2, 0.25) is 0 Å². The number of pyridine rings is 1. The molecule has 5 heterocycles. The predicted molar refractivity (Wildman–Crippen MR) is 296 cm³/mol. The van der Waals surface area contributed by atoms with E-state index in [-0.39, 0.29) is 22.7 Å². The van der Waals surface area contributed by atoms with E-state index in [0.29, 0.717) is 17.0 Å². The molecule has 0 aliphatic heterocycles. The van der Waals surface area contributed by atoms with Crippen LogP contribution in [0.4, 0.5) is 0 Å². The molecule has 360 valence electrons. The van der Waals surface area contributed by atoms with Crippen molar-refractivity contribution in [1.82, 2.24) is 4.57 Å². The van der Waals surface area contributed by atoms with Crippen molar-refractivity contribution in [1.29, 1.82) is 0 Å². The number of rotatable bonds is 31. The number of thiophene rings is 4. The third kappa shape index (κ3) is 13.3. The quantitative estimate of drug-likeness (QED) is 0.0248. The predicted octanol–water partition coefficient (Wildman–Crippen LogP) is 19.3. The Bertz CT molecular complexity index is 2570. The third-order valence-electron chi connectivity index (χ3n) is 14.1. The zero-order valence-electron chi connectivity index (χ0n) is 41.2. The number of aromatic nitrogens is 1. The average Bonchev–Trinajstić information content (AvgIpc) is 4.19. The van der Waals surface area contributed by atoms with Gasteiger partial charge in [-0.2, -0.15) is 0 Å². The van der Waals surface area contributed by atoms with E-state index < -0.39 is 0 Å². The molecule has 0 N–H and O–H groups in total. The minimum atomic E-state index is -0.169. The van der Waals surface area contributed by atoms with Crippen molar-refractivity contribution in [3.05, 3.63) is 97.0 Å². The molecular weight excluding hydrogens is 899 g/mol. The topological polar surface area (TPSA) is 56.1 Å². The Balaban J connectivity index is 1.23. The Hall–Kier alpha value is -3.43. The first kappa shape index (κ1) is 51.4. The van der Waals surface area contributed by atoms with Crippen molar-refractivity contribution in [2.75, 3.05) is 0 Å². The van der Waals surface area contributed by atoms with E-state index in [0.717, 1.165) is 52.7 Å². The molecule has 67 heavy (non-hydrogen) atoms. The SMILES string of the molecule is CCCCCCCCCCC(CCCCCCCC)Cn1c(=O)c2ccsc2c2sc(-c3sc(-c4sc(C=C5C(=O)c6ccccc6C5=O)cc4CCCCCC)cc3CCCCCC)cc21. The number of allylic oxidation sites excluding steroid dienone is 1. The van der Waals surface area contributed by atoms with Crippen LogP contribution in [0.25, 0.3) is 45.9 Å². The highest BCUT2D eigenvalue weighted by atomic mass is 32.1. The van der Waals surface area contributed by atoms with Crippen LogP contribution in [0.5, 0.6) is 0 Å². The first-order valence-electron chi connectivity index (χ1n) is 26.6. The highest BCUT2D eigenvalue weighted by Crippen LogP contribution is 2.48. The van der Waals surface area contributed by atoms with Gasteiger partial charge in [0, 0.05) is 42.1 Å². The van der Waals surface area contributed by atoms with Gasteiger partial charge in [-0.25, -0.2) is 0 Å². The fourth-order valence-corrected chi connectivity index (χ4v) is 15.0. The maximum Gasteiger partial charge on any atom is 0.259 e. The molecule has 4 nitrogen and oxygen atoms in total. The van der Waals surface area contributed by atoms with Gasteiger partial charge < -0.3 is 4.57 Å². The molecule has 0 spiro atoms. The van der Waals surface area contributed by atoms with E-state index >= 15 is 0 Å². The summed E-state index contributed by atoms with van der Waals surface area (Å²) in [6.07, 6.45) is 34.2. The van der Waals surface area contributed by atoms with Crippen molar-refractivity contribution in [2.24, 2.45) is 5.92 Å². The maximum atomic E-state index is 14.6. The lowest BCUT2D eigenvalue weighted by Gasteiger charge is -2.19. The Morgan fingerprint density at radius 2 is 1.04 bits per heavy atom. The third-order valence-corrected chi connectivity index (χ3v) is 19.0. The van der Waals surface area contributed by atoms with Gasteiger partial charge in [0.05, 0.1) is 25.9 Å². The standard InChI is InChI=1S/C59H77NO3S4/c1-5-9-13-17-19-20-22-24-30-42(29-23-21-18-14-10-6-2)41-60-50-40-52(67-58(50)57-48(59(60)63)35-36-64-57)56-44(32-26-16-12-8-4)38-51(66-56)55-43(31-25-15-11-7-3)37-45(65-55)39-49-53(61)46-33-27-28-34-47(46)54(49)62/h27-28,33-40,42H,5-26,29-32,41H2,1-4H3. The molecule has 1 atom stereocenters. The monoisotopic (exact) mass is 975 g/mol. The Morgan fingerprint density at radius 3 is 1.63 bits per heavy atom. The molecular formula is C59H77NO3S4. The van der Waals surface area contributed by atoms with Crippen LogP contribution in [0.1, 0.15) is 219 Å². The van der Waals surface area contributed by atoms with Crippen LogP contribution in [0.3, 0.4) is 0 Å². The second kappa shape index (κ2) is 26.5. The molecule has 1 aromatic carbocycles. The van der Waals surface area contributed by atoms with Gasteiger partial charge in [-0.05, 0) is 91.3 Å². The van der Waals surface area contributed by atoms with Crippen molar-refractivity contribution in [3.8, 4) is 19.5 Å². The summed E-state index contributed by atoms with van der Waals surface area (Å²) in [5.74, 6) is 0.160. The zero-order valence-corrected chi connectivity index (χ0v) is 44.5. The van der Waals surface area contributed by atoms with E-state index in [1.807, 2.05) is 40.9 Å². The lowest BCUT2D eigenvalue weighted by atomic mass is 9.93. The summed E-state index contributed by atoms with van der Waals surface area (Å²) in [5.41, 5.74) is 5.30. The van der Waals surface area contributed by atoms with Gasteiger partial charge in [-0.3, -0.25) is 14.4 Å². The smallest absolute Gasteiger partial charge is 0.259 e. The van der Waals surface area contributed by atoms with Crippen LogP contribution in [0.15, 0.2) is 64.3 Å². The number of unbranched alkanes of at least 4 members (excludes halogenated alkanes) is 18. The number of hydrogen-bond donors (Lipinski definition) is 0. The number of Topliss-reactive ketones (excluding diaryl/α,β-unsaturated/α-hetero) is 2. The van der Waals surface area contributed by atoms with E-state index in [4.69, 9.17) is 0 Å². The van der Waals surface area contributed by atoms with E-state index in [9.17, 15) is 14.4 Å². The molecule has 7 rings (SSSR count). The van der Waals surface area contributed by atoms with Crippen LogP contribution in [-0.4, -0.2) is 16.1 Å². The van der Waals surface area contributed by atoms with Crippen molar-refractivity contribution >= 4 is 83.3 Å². The van der Waals surface area contributed by atoms with E-state index in [1.54, 1.807) is 34.8 Å². The van der Waals surface area contributed by atoms with Crippen LogP contribution < -0.4 is 5.56 Å². The number of benzene rings is 1. The highest BCUT2D eigenvalue weighted by Gasteiger charge is 2.33. The van der Waals surface area contributed by atoms with Gasteiger partial charge in [0.15, 0.2) is 11.6 Å². The second-order valence-electron chi connectivity index (χ2n) is 19.4. The highest BCUT2D eigenvalue weighted by molar-refractivity contribution is 7.31. The van der Waals surface area contributed by atoms with E-state index in [1.165, 1.54) is 177 Å². The fraction of sp³-hybridized carbons (Fsp3) is 0.542. The molecule has 6 aromatic rings. The molecule has 0 amide bonds. The van der Waals surface area contributed by atoms with Crippen LogP contribution >= 0.6 is 45.3 Å². The second-order valence-corrected chi connectivity index (χ2v) is 23.5. The molecule has 8 heteroatoms. The molecule has 0 radical (unpaired) electrons. The summed E-state index contributed by atoms with van der Waals surface area (Å²) < 4.78 is 4.59. The van der Waals surface area contributed by atoms with Gasteiger partial charge >= 0.3 is 0 Å². The average molecular weight is 977 g/mol. The summed E-state index contributed by atoms with van der Waals surface area (Å²) in [7, 11) is 0. The zero-order chi connectivity index (χ0) is 47.0. The first-order chi connectivity index (χ1) is 32.9. The summed E-state index contributed by atoms with van der Waals surface area (Å²) >= 11 is 7.24. The van der Waals surface area contributed by atoms with Crippen molar-refractivity contribution < 1.29 is 9.59 Å². The van der Waals surface area contributed by atoms with Crippen molar-refractivity contribution in [3.63, 3.8) is 0 Å². The summed E-state index contributed by atoms with van der Waals surface area (Å²) in [4.78, 5) is 47.7. The number of hydrogen-bond acceptors (Lipinski definition) is 7. The van der Waals surface area contributed by atoms with Gasteiger partial charge in [0.1, 0.15) is 0 Å². The normalized spacial score (nSPS) is 13.2. The molecule has 5 aromatic heterocycles. The van der Waals surface area contributed by atoms with Gasteiger partial charge in [-0.1, -0.05) is 180 Å². The summed E-state index contributed by atoms with van der Waals surface area (Å²) in [6, 6.07) is 16.4. The van der Waals surface area contributed by atoms with Crippen LogP contribution in [-0.2, 0) is 19.4 Å². The van der Waals surface area contributed by atoms with Crippen LogP contribution in [0.2, 0.25) is 0 Å². The number of carbonyl (C=O) groups is 2. The Morgan fingerprint density at radius 1 is 0.537 bits per heavy atom. The number of carbonyl (C=O) groups excluding carboxylic acids is 2. The molecule has 0 fully saturated rings. The summed E-state index contributed by atoms with van der Waals surface area (Å²) in [5, 5.41) is 2.99. The first-order valence-corrected chi connectivity index (χ1v) is 29.9. The molecule has 1 aliphatic rings. The van der Waals surface area contributed by atoms with Gasteiger partial charge in [-0.15, -0.1) is 45.3 Å². The maximum absolute atomic E-state index is 14.6. The molecule has 0 saturated heterocycles. The molecule has 1 unspecified atom stereocenters. The number of ketones is 2.